The molecule has 0 unspecified atom stereocenters. The van der Waals surface area contributed by atoms with E-state index in [0.717, 1.165) is 32.2 Å². The average Bonchev–Trinajstić information content (AvgIpc) is 2.68. The van der Waals surface area contributed by atoms with Crippen molar-refractivity contribution in [2.75, 3.05) is 16.4 Å². The summed E-state index contributed by atoms with van der Waals surface area (Å²) in [4.78, 5) is 24.2. The van der Waals surface area contributed by atoms with Crippen LogP contribution in [0, 0.1) is 0 Å². The molecule has 4 rings (SSSR count). The number of nitrogens with zero attached hydrogens (tertiary/aromatic N) is 3. The first-order valence-electron chi connectivity index (χ1n) is 8.82. The fourth-order valence-corrected chi connectivity index (χ4v) is 3.34. The standard InChI is InChI=1S/C21H17BrN6O/c1-12(29)25-19-8-6-14(11-24-19)13-5-7-18-17(9-13)20(28-21(23)27-18)26-16-4-2-3-15(22)10-16/h2-11H,1H3,(H,24,25,29)(H3,23,26,27,28). The van der Waals surface area contributed by atoms with Gasteiger partial charge in [-0.05, 0) is 48.0 Å². The van der Waals surface area contributed by atoms with Crippen molar-refractivity contribution in [1.82, 2.24) is 15.0 Å². The van der Waals surface area contributed by atoms with Crippen molar-refractivity contribution in [3.63, 3.8) is 0 Å². The number of benzene rings is 2. The predicted molar refractivity (Wildman–Crippen MR) is 119 cm³/mol. The van der Waals surface area contributed by atoms with Gasteiger partial charge in [-0.25, -0.2) is 9.97 Å². The lowest BCUT2D eigenvalue weighted by Crippen LogP contribution is -2.06. The van der Waals surface area contributed by atoms with Gasteiger partial charge in [-0.15, -0.1) is 0 Å². The molecule has 0 fully saturated rings. The number of amides is 1. The zero-order valence-electron chi connectivity index (χ0n) is 15.5. The van der Waals surface area contributed by atoms with Gasteiger partial charge in [0.2, 0.25) is 11.9 Å². The van der Waals surface area contributed by atoms with Crippen molar-refractivity contribution in [1.29, 1.82) is 0 Å². The third kappa shape index (κ3) is 4.33. The van der Waals surface area contributed by atoms with Gasteiger partial charge in [-0.3, -0.25) is 4.79 Å². The Morgan fingerprint density at radius 3 is 2.59 bits per heavy atom. The lowest BCUT2D eigenvalue weighted by Gasteiger charge is -2.11. The van der Waals surface area contributed by atoms with Crippen molar-refractivity contribution in [2.45, 2.75) is 6.92 Å². The molecule has 0 aliphatic carbocycles. The molecule has 2 aromatic heterocycles. The molecule has 0 aliphatic rings. The second-order valence-corrected chi connectivity index (χ2v) is 7.33. The number of halogens is 1. The van der Waals surface area contributed by atoms with Crippen LogP contribution in [0.15, 0.2) is 65.3 Å². The summed E-state index contributed by atoms with van der Waals surface area (Å²) in [6, 6.07) is 17.3. The second-order valence-electron chi connectivity index (χ2n) is 6.41. The van der Waals surface area contributed by atoms with Crippen LogP contribution in [-0.2, 0) is 4.79 Å². The highest BCUT2D eigenvalue weighted by Gasteiger charge is 2.10. The fourth-order valence-electron chi connectivity index (χ4n) is 2.94. The highest BCUT2D eigenvalue weighted by molar-refractivity contribution is 9.10. The maximum atomic E-state index is 11.2. The summed E-state index contributed by atoms with van der Waals surface area (Å²) in [6.07, 6.45) is 1.71. The Morgan fingerprint density at radius 1 is 1.03 bits per heavy atom. The van der Waals surface area contributed by atoms with Gasteiger partial charge in [0.15, 0.2) is 0 Å². The number of carbonyl (C=O) groups is 1. The van der Waals surface area contributed by atoms with E-state index in [0.29, 0.717) is 11.6 Å². The monoisotopic (exact) mass is 448 g/mol. The normalized spacial score (nSPS) is 10.7. The van der Waals surface area contributed by atoms with E-state index in [1.807, 2.05) is 48.5 Å². The summed E-state index contributed by atoms with van der Waals surface area (Å²) in [6.45, 7) is 1.45. The molecule has 2 heterocycles. The van der Waals surface area contributed by atoms with Crippen LogP contribution in [0.3, 0.4) is 0 Å². The highest BCUT2D eigenvalue weighted by Crippen LogP contribution is 2.30. The van der Waals surface area contributed by atoms with Crippen molar-refractivity contribution in [3.05, 3.63) is 65.3 Å². The van der Waals surface area contributed by atoms with Crippen LogP contribution in [0.1, 0.15) is 6.92 Å². The Hall–Kier alpha value is -3.52. The molecular formula is C21H17BrN6O. The highest BCUT2D eigenvalue weighted by atomic mass is 79.9. The quantitative estimate of drug-likeness (QED) is 0.416. The van der Waals surface area contributed by atoms with Gasteiger partial charge in [-0.1, -0.05) is 28.1 Å². The Morgan fingerprint density at radius 2 is 1.86 bits per heavy atom. The van der Waals surface area contributed by atoms with E-state index >= 15 is 0 Å². The summed E-state index contributed by atoms with van der Waals surface area (Å²) in [7, 11) is 0. The summed E-state index contributed by atoms with van der Waals surface area (Å²) in [5, 5.41) is 6.81. The first-order valence-corrected chi connectivity index (χ1v) is 9.61. The van der Waals surface area contributed by atoms with Crippen LogP contribution in [0.25, 0.3) is 22.0 Å². The minimum absolute atomic E-state index is 0.158. The van der Waals surface area contributed by atoms with Crippen molar-refractivity contribution in [3.8, 4) is 11.1 Å². The molecular weight excluding hydrogens is 432 g/mol. The largest absolute Gasteiger partial charge is 0.368 e. The van der Waals surface area contributed by atoms with Crippen LogP contribution in [0.2, 0.25) is 0 Å². The zero-order chi connectivity index (χ0) is 20.4. The molecule has 0 radical (unpaired) electrons. The Labute approximate surface area is 175 Å². The topological polar surface area (TPSA) is 106 Å². The van der Waals surface area contributed by atoms with E-state index in [1.54, 1.807) is 12.3 Å². The molecule has 0 aliphatic heterocycles. The van der Waals surface area contributed by atoms with Gasteiger partial charge in [0.05, 0.1) is 5.52 Å². The van der Waals surface area contributed by atoms with Crippen molar-refractivity contribution >= 4 is 56.0 Å². The predicted octanol–water partition coefficient (Wildman–Crippen LogP) is 4.74. The summed E-state index contributed by atoms with van der Waals surface area (Å²) >= 11 is 3.47. The Kier molecular flexibility index (Phi) is 5.09. The molecule has 0 atom stereocenters. The maximum Gasteiger partial charge on any atom is 0.222 e. The first kappa shape index (κ1) is 18.8. The molecule has 0 bridgehead atoms. The first-order chi connectivity index (χ1) is 14.0. The van der Waals surface area contributed by atoms with Gasteiger partial charge in [0.25, 0.3) is 0 Å². The molecule has 4 N–H and O–H groups in total. The average molecular weight is 449 g/mol. The van der Waals surface area contributed by atoms with Crippen LogP contribution < -0.4 is 16.4 Å². The minimum atomic E-state index is -0.158. The lowest BCUT2D eigenvalue weighted by molar-refractivity contribution is -0.114. The van der Waals surface area contributed by atoms with E-state index in [1.165, 1.54) is 6.92 Å². The molecule has 0 saturated heterocycles. The number of nitrogens with two attached hydrogens (primary N) is 1. The van der Waals surface area contributed by atoms with Gasteiger partial charge >= 0.3 is 0 Å². The third-order valence-corrected chi connectivity index (χ3v) is 4.69. The summed E-state index contributed by atoms with van der Waals surface area (Å²) in [5.41, 5.74) is 9.37. The molecule has 1 amide bonds. The Balaban J connectivity index is 1.74. The fraction of sp³-hybridized carbons (Fsp3) is 0.0476. The zero-order valence-corrected chi connectivity index (χ0v) is 17.1. The molecule has 2 aromatic carbocycles. The van der Waals surface area contributed by atoms with E-state index in [9.17, 15) is 4.79 Å². The number of nitrogens with one attached hydrogen (secondary N) is 2. The van der Waals surface area contributed by atoms with Crippen molar-refractivity contribution < 1.29 is 4.79 Å². The lowest BCUT2D eigenvalue weighted by atomic mass is 10.0. The Bertz CT molecular complexity index is 1210. The van der Waals surface area contributed by atoms with E-state index in [4.69, 9.17) is 5.73 Å². The van der Waals surface area contributed by atoms with Gasteiger partial charge < -0.3 is 16.4 Å². The maximum absolute atomic E-state index is 11.2. The number of fused-ring (bicyclic) bond motifs is 1. The number of nitrogen functional groups attached to an aromatic ring is 1. The van der Waals surface area contributed by atoms with Crippen LogP contribution >= 0.6 is 15.9 Å². The number of hydrogen-bond donors (Lipinski definition) is 3. The van der Waals surface area contributed by atoms with Gasteiger partial charge in [0.1, 0.15) is 11.6 Å². The van der Waals surface area contributed by atoms with Crippen molar-refractivity contribution in [2.24, 2.45) is 0 Å². The van der Waals surface area contributed by atoms with E-state index in [2.05, 4.69) is 41.5 Å². The number of carbonyl (C=O) groups excluding carboxylic acids is 1. The second kappa shape index (κ2) is 7.84. The van der Waals surface area contributed by atoms with Crippen LogP contribution in [-0.4, -0.2) is 20.9 Å². The molecule has 4 aromatic rings. The molecule has 7 nitrogen and oxygen atoms in total. The number of aromatic nitrogens is 3. The van der Waals surface area contributed by atoms with E-state index < -0.39 is 0 Å². The molecule has 0 spiro atoms. The van der Waals surface area contributed by atoms with Crippen LogP contribution in [0.5, 0.6) is 0 Å². The number of rotatable bonds is 4. The summed E-state index contributed by atoms with van der Waals surface area (Å²) in [5.74, 6) is 1.17. The number of anilines is 4. The number of pyridine rings is 1. The third-order valence-electron chi connectivity index (χ3n) is 4.20. The summed E-state index contributed by atoms with van der Waals surface area (Å²) < 4.78 is 0.958. The SMILES string of the molecule is CC(=O)Nc1ccc(-c2ccc3nc(N)nc(Nc4cccc(Br)c4)c3c2)cn1. The molecule has 8 heteroatoms. The van der Waals surface area contributed by atoms with Gasteiger partial charge in [-0.2, -0.15) is 4.98 Å². The smallest absolute Gasteiger partial charge is 0.222 e. The van der Waals surface area contributed by atoms with Gasteiger partial charge in [0, 0.05) is 34.2 Å². The molecule has 144 valence electrons. The molecule has 0 saturated carbocycles. The molecule has 29 heavy (non-hydrogen) atoms. The number of hydrogen-bond acceptors (Lipinski definition) is 6. The van der Waals surface area contributed by atoms with E-state index in [-0.39, 0.29) is 11.9 Å². The minimum Gasteiger partial charge on any atom is -0.368 e. The van der Waals surface area contributed by atoms with Crippen LogP contribution in [0.4, 0.5) is 23.3 Å².